The van der Waals surface area contributed by atoms with Crippen molar-refractivity contribution in [3.05, 3.63) is 72.9 Å². The second kappa shape index (κ2) is 61.8. The van der Waals surface area contributed by atoms with E-state index in [2.05, 4.69) is 115 Å². The van der Waals surface area contributed by atoms with Crippen LogP contribution in [-0.4, -0.2) is 62.2 Å². The third kappa shape index (κ3) is 64.9. The topological polar surface area (TPSA) is 120 Å². The van der Waals surface area contributed by atoms with Crippen LogP contribution in [0.2, 0.25) is 0 Å². The molecule has 0 heterocycles. The van der Waals surface area contributed by atoms with Gasteiger partial charge in [-0.25, -0.2) is 0 Å². The number of rotatable bonds is 51. The molecule has 8 nitrogen and oxygen atoms in total. The molecule has 0 aromatic carbocycles. The van der Waals surface area contributed by atoms with Crippen LogP contribution in [0.4, 0.5) is 0 Å². The van der Waals surface area contributed by atoms with E-state index in [0.717, 1.165) is 90.4 Å². The SMILES string of the molecule is CCCCCCC=CC=CCCCCCCCC(=O)NCCNCCNCCNC(=O)CCCCCCCC=CC=CCCCCCC.CCCCCCC=CC=CCCCCCCCC(=O)O. The molecule has 0 radical (unpaired) electrons. The van der Waals surface area contributed by atoms with Crippen molar-refractivity contribution in [3.63, 3.8) is 0 Å². The standard InChI is InChI=1S/C42H78N4O2.C18H32O2/c1-3-5-7-9-11-13-15-17-19-21-23-25-27-29-31-33-41(47)45-39-37-43-35-36-44-38-40-46-42(48)34-32-30-28-26-24-22-20-18-16-14-12-10-8-6-4-2;1-2-3-4-5-6-7-8-9-10-11-12-13-14-15-16-17-18(19)20/h13-20,43-44H,3-12,21-40H2,1-2H3,(H,45,47)(H,46,48);7-10H,2-6,11-17H2,1H3,(H,19,20). The highest BCUT2D eigenvalue weighted by molar-refractivity contribution is 5.76. The van der Waals surface area contributed by atoms with Gasteiger partial charge in [-0.2, -0.15) is 0 Å². The van der Waals surface area contributed by atoms with Crippen molar-refractivity contribution in [1.29, 1.82) is 0 Å². The summed E-state index contributed by atoms with van der Waals surface area (Å²) in [6.07, 6.45) is 68.4. The number of nitrogens with one attached hydrogen (secondary N) is 4. The van der Waals surface area contributed by atoms with E-state index in [1.54, 1.807) is 0 Å². The minimum absolute atomic E-state index is 0.162. The Labute approximate surface area is 421 Å². The highest BCUT2D eigenvalue weighted by atomic mass is 16.4. The minimum atomic E-state index is -0.672. The fourth-order valence-electron chi connectivity index (χ4n) is 7.52. The lowest BCUT2D eigenvalue weighted by Gasteiger charge is -2.09. The number of hydrogen-bond donors (Lipinski definition) is 5. The van der Waals surface area contributed by atoms with Gasteiger partial charge in [0.15, 0.2) is 0 Å². The van der Waals surface area contributed by atoms with Crippen LogP contribution in [-0.2, 0) is 14.4 Å². The molecule has 68 heavy (non-hydrogen) atoms. The van der Waals surface area contributed by atoms with E-state index in [4.69, 9.17) is 5.11 Å². The van der Waals surface area contributed by atoms with Gasteiger partial charge in [0.05, 0.1) is 0 Å². The zero-order valence-corrected chi connectivity index (χ0v) is 44.8. The summed E-state index contributed by atoms with van der Waals surface area (Å²) in [5.41, 5.74) is 0. The summed E-state index contributed by atoms with van der Waals surface area (Å²) in [6.45, 7) is 11.3. The Balaban J connectivity index is 0. The lowest BCUT2D eigenvalue weighted by molar-refractivity contribution is -0.137. The van der Waals surface area contributed by atoms with Crippen LogP contribution in [0.15, 0.2) is 72.9 Å². The van der Waals surface area contributed by atoms with Crippen LogP contribution in [0, 0.1) is 0 Å². The molecule has 8 heteroatoms. The van der Waals surface area contributed by atoms with E-state index in [-0.39, 0.29) is 11.8 Å². The fourth-order valence-corrected chi connectivity index (χ4v) is 7.52. The summed E-state index contributed by atoms with van der Waals surface area (Å²) in [5, 5.41) is 21.2. The first-order valence-corrected chi connectivity index (χ1v) is 28.6. The van der Waals surface area contributed by atoms with E-state index in [9.17, 15) is 14.4 Å². The maximum Gasteiger partial charge on any atom is 0.303 e. The van der Waals surface area contributed by atoms with E-state index < -0.39 is 5.97 Å². The largest absolute Gasteiger partial charge is 0.481 e. The molecule has 0 atom stereocenters. The molecule has 0 saturated carbocycles. The van der Waals surface area contributed by atoms with Crippen LogP contribution in [0.25, 0.3) is 0 Å². The van der Waals surface area contributed by atoms with Crippen LogP contribution >= 0.6 is 0 Å². The summed E-state index contributed by atoms with van der Waals surface area (Å²) in [4.78, 5) is 34.4. The Kier molecular flexibility index (Phi) is 60.7. The maximum absolute atomic E-state index is 12.0. The minimum Gasteiger partial charge on any atom is -0.481 e. The summed E-state index contributed by atoms with van der Waals surface area (Å²) in [5.74, 6) is -0.348. The Morgan fingerprint density at radius 2 is 0.544 bits per heavy atom. The summed E-state index contributed by atoms with van der Waals surface area (Å²) in [7, 11) is 0. The number of unbranched alkanes of at least 4 members (excludes halogenated alkanes) is 27. The normalized spacial score (nSPS) is 11.9. The van der Waals surface area contributed by atoms with Crippen molar-refractivity contribution in [2.45, 2.75) is 252 Å². The van der Waals surface area contributed by atoms with E-state index in [1.807, 2.05) is 0 Å². The zero-order chi connectivity index (χ0) is 49.7. The van der Waals surface area contributed by atoms with Crippen LogP contribution in [0.1, 0.15) is 252 Å². The average Bonchev–Trinajstić information content (AvgIpc) is 3.33. The number of carboxylic acids is 1. The first kappa shape index (κ1) is 66.9. The third-order valence-electron chi connectivity index (χ3n) is 11.9. The second-order valence-electron chi connectivity index (χ2n) is 18.6. The van der Waals surface area contributed by atoms with Gasteiger partial charge in [-0.3, -0.25) is 14.4 Å². The van der Waals surface area contributed by atoms with Gasteiger partial charge < -0.3 is 26.4 Å². The Morgan fingerprint density at radius 3 is 0.824 bits per heavy atom. The molecule has 0 saturated heterocycles. The lowest BCUT2D eigenvalue weighted by atomic mass is 10.1. The van der Waals surface area contributed by atoms with Crippen molar-refractivity contribution >= 4 is 17.8 Å². The Bertz CT molecular complexity index is 1170. The Hall–Kier alpha value is -3.23. The third-order valence-corrected chi connectivity index (χ3v) is 11.9. The molecule has 0 rings (SSSR count). The maximum atomic E-state index is 12.0. The molecule has 0 fully saturated rings. The molecule has 2 amide bonds. The molecule has 0 aliphatic heterocycles. The van der Waals surface area contributed by atoms with Crippen LogP contribution < -0.4 is 21.3 Å². The van der Waals surface area contributed by atoms with E-state index in [1.165, 1.54) is 148 Å². The number of carbonyl (C=O) groups is 3. The first-order chi connectivity index (χ1) is 33.5. The lowest BCUT2D eigenvalue weighted by Crippen LogP contribution is -2.37. The zero-order valence-electron chi connectivity index (χ0n) is 44.8. The molecule has 5 N–H and O–H groups in total. The average molecular weight is 952 g/mol. The van der Waals surface area contributed by atoms with Crippen molar-refractivity contribution in [2.75, 3.05) is 39.3 Å². The van der Waals surface area contributed by atoms with Gasteiger partial charge in [-0.15, -0.1) is 0 Å². The number of carboxylic acid groups (broad SMARTS) is 1. The van der Waals surface area contributed by atoms with Gasteiger partial charge in [0.25, 0.3) is 0 Å². The smallest absolute Gasteiger partial charge is 0.303 e. The molecular formula is C60H110N4O4. The molecule has 394 valence electrons. The summed E-state index contributed by atoms with van der Waals surface area (Å²) in [6, 6.07) is 0. The van der Waals surface area contributed by atoms with Crippen molar-refractivity contribution < 1.29 is 19.5 Å². The summed E-state index contributed by atoms with van der Waals surface area (Å²) >= 11 is 0. The number of allylic oxidation sites excluding steroid dienone is 12. The molecule has 0 unspecified atom stereocenters. The first-order valence-electron chi connectivity index (χ1n) is 28.6. The highest BCUT2D eigenvalue weighted by Gasteiger charge is 2.02. The van der Waals surface area contributed by atoms with Gasteiger partial charge in [0.2, 0.25) is 11.8 Å². The number of hydrogen-bond acceptors (Lipinski definition) is 5. The molecule has 0 spiro atoms. The molecule has 0 aromatic heterocycles. The quantitative estimate of drug-likeness (QED) is 0.0306. The van der Waals surface area contributed by atoms with Gasteiger partial charge in [-0.1, -0.05) is 209 Å². The van der Waals surface area contributed by atoms with Crippen molar-refractivity contribution in [3.8, 4) is 0 Å². The Morgan fingerprint density at radius 1 is 0.309 bits per heavy atom. The van der Waals surface area contributed by atoms with Crippen LogP contribution in [0.3, 0.4) is 0 Å². The second-order valence-corrected chi connectivity index (χ2v) is 18.6. The van der Waals surface area contributed by atoms with Crippen LogP contribution in [0.5, 0.6) is 0 Å². The van der Waals surface area contributed by atoms with Gasteiger partial charge >= 0.3 is 5.97 Å². The fraction of sp³-hybridized carbons (Fsp3) is 0.750. The monoisotopic (exact) mass is 951 g/mol. The molecule has 0 bridgehead atoms. The predicted octanol–water partition coefficient (Wildman–Crippen LogP) is 15.9. The van der Waals surface area contributed by atoms with E-state index >= 15 is 0 Å². The molecule has 0 aromatic rings. The summed E-state index contributed by atoms with van der Waals surface area (Å²) < 4.78 is 0. The van der Waals surface area contributed by atoms with Gasteiger partial charge in [0.1, 0.15) is 0 Å². The molecule has 0 aliphatic rings. The van der Waals surface area contributed by atoms with Crippen molar-refractivity contribution in [2.24, 2.45) is 0 Å². The number of amides is 2. The van der Waals surface area contributed by atoms with Crippen molar-refractivity contribution in [1.82, 2.24) is 21.3 Å². The van der Waals surface area contributed by atoms with Gasteiger partial charge in [0, 0.05) is 58.5 Å². The van der Waals surface area contributed by atoms with E-state index in [0.29, 0.717) is 32.4 Å². The van der Waals surface area contributed by atoms with Gasteiger partial charge in [-0.05, 0) is 96.3 Å². The number of aliphatic carboxylic acids is 1. The highest BCUT2D eigenvalue weighted by Crippen LogP contribution is 2.11. The predicted molar refractivity (Wildman–Crippen MR) is 297 cm³/mol. The number of carbonyl (C=O) groups excluding carboxylic acids is 2. The molecular weight excluding hydrogens is 841 g/mol. The molecule has 0 aliphatic carbocycles.